The van der Waals surface area contributed by atoms with Crippen molar-refractivity contribution in [1.82, 2.24) is 4.90 Å². The maximum atomic E-state index is 12.7. The van der Waals surface area contributed by atoms with Crippen LogP contribution in [0.5, 0.6) is 5.75 Å². The van der Waals surface area contributed by atoms with E-state index in [0.717, 1.165) is 30.6 Å². The van der Waals surface area contributed by atoms with Gasteiger partial charge >= 0.3 is 6.09 Å². The van der Waals surface area contributed by atoms with Crippen LogP contribution in [0.25, 0.3) is 5.57 Å². The highest BCUT2D eigenvalue weighted by molar-refractivity contribution is 5.75. The van der Waals surface area contributed by atoms with E-state index in [0.29, 0.717) is 0 Å². The number of carbonyl (C=O) groups is 1. The predicted octanol–water partition coefficient (Wildman–Crippen LogP) is 4.95. The summed E-state index contributed by atoms with van der Waals surface area (Å²) in [6, 6.07) is 6.71. The number of carbonyl (C=O) groups excluding carboxylic acids is 1. The summed E-state index contributed by atoms with van der Waals surface area (Å²) in [6.45, 7) is 7.84. The summed E-state index contributed by atoms with van der Waals surface area (Å²) in [5.74, 6) is 0.913. The molecule has 4 heteroatoms. The first-order valence-electron chi connectivity index (χ1n) is 9.15. The normalized spacial score (nSPS) is 23.1. The minimum absolute atomic E-state index is 0.139. The molecule has 1 fully saturated rings. The third-order valence-corrected chi connectivity index (χ3v) is 5.01. The Labute approximate surface area is 150 Å². The van der Waals surface area contributed by atoms with Crippen molar-refractivity contribution in [2.24, 2.45) is 0 Å². The molecule has 2 heterocycles. The fourth-order valence-corrected chi connectivity index (χ4v) is 3.92. The summed E-state index contributed by atoms with van der Waals surface area (Å²) in [5, 5.41) is 0. The SMILES string of the molecule is COc1ccc(C2=CC3CCCC(C2)N3C(=O)OC(C)(C)C)cc1C. The Balaban J connectivity index is 1.86. The summed E-state index contributed by atoms with van der Waals surface area (Å²) >= 11 is 0. The molecule has 1 saturated heterocycles. The van der Waals surface area contributed by atoms with Crippen LogP contribution in [0, 0.1) is 6.92 Å². The second-order valence-electron chi connectivity index (χ2n) is 8.12. The number of fused-ring (bicyclic) bond motifs is 2. The summed E-state index contributed by atoms with van der Waals surface area (Å²) < 4.78 is 11.0. The van der Waals surface area contributed by atoms with Gasteiger partial charge < -0.3 is 9.47 Å². The number of amides is 1. The molecular weight excluding hydrogens is 314 g/mol. The predicted molar refractivity (Wildman–Crippen MR) is 99.8 cm³/mol. The number of aryl methyl sites for hydroxylation is 1. The average Bonchev–Trinajstić information content (AvgIpc) is 2.51. The average molecular weight is 343 g/mol. The number of nitrogens with zero attached hydrogens (tertiary/aromatic N) is 1. The van der Waals surface area contributed by atoms with Gasteiger partial charge in [0.15, 0.2) is 0 Å². The van der Waals surface area contributed by atoms with Crippen molar-refractivity contribution in [2.75, 3.05) is 7.11 Å². The summed E-state index contributed by atoms with van der Waals surface area (Å²) in [4.78, 5) is 14.6. The van der Waals surface area contributed by atoms with E-state index in [2.05, 4.69) is 25.1 Å². The van der Waals surface area contributed by atoms with Gasteiger partial charge in [0.1, 0.15) is 11.4 Å². The molecule has 0 aliphatic carbocycles. The molecule has 0 spiro atoms. The van der Waals surface area contributed by atoms with Crippen molar-refractivity contribution in [1.29, 1.82) is 0 Å². The maximum Gasteiger partial charge on any atom is 0.411 e. The molecule has 25 heavy (non-hydrogen) atoms. The minimum atomic E-state index is -0.456. The largest absolute Gasteiger partial charge is 0.496 e. The molecule has 3 rings (SSSR count). The molecule has 0 N–H and O–H groups in total. The lowest BCUT2D eigenvalue weighted by Crippen LogP contribution is -2.53. The Morgan fingerprint density at radius 3 is 2.60 bits per heavy atom. The first-order chi connectivity index (χ1) is 11.8. The standard InChI is InChI=1S/C21H29NO3/c1-14-11-15(9-10-19(14)24-5)16-12-17-7-6-8-18(13-16)22(17)20(23)25-21(2,3)4/h9-12,17-18H,6-8,13H2,1-5H3. The second kappa shape index (κ2) is 6.74. The van der Waals surface area contributed by atoms with E-state index in [1.165, 1.54) is 17.6 Å². The van der Waals surface area contributed by atoms with Crippen molar-refractivity contribution in [3.05, 3.63) is 35.4 Å². The smallest absolute Gasteiger partial charge is 0.411 e. The molecule has 4 nitrogen and oxygen atoms in total. The maximum absolute atomic E-state index is 12.7. The zero-order chi connectivity index (χ0) is 18.2. The summed E-state index contributed by atoms with van der Waals surface area (Å²) in [6.07, 6.45) is 6.20. The van der Waals surface area contributed by atoms with Gasteiger partial charge in [-0.2, -0.15) is 0 Å². The van der Waals surface area contributed by atoms with Crippen molar-refractivity contribution < 1.29 is 14.3 Å². The van der Waals surface area contributed by atoms with Crippen LogP contribution in [-0.2, 0) is 4.74 Å². The number of hydrogen-bond donors (Lipinski definition) is 0. The van der Waals surface area contributed by atoms with Gasteiger partial charge in [-0.1, -0.05) is 12.1 Å². The molecule has 136 valence electrons. The van der Waals surface area contributed by atoms with Gasteiger partial charge in [-0.3, -0.25) is 4.90 Å². The van der Waals surface area contributed by atoms with Gasteiger partial charge in [0, 0.05) is 6.04 Å². The number of methoxy groups -OCH3 is 1. The zero-order valence-corrected chi connectivity index (χ0v) is 16.0. The monoisotopic (exact) mass is 343 g/mol. The number of piperidine rings is 1. The molecule has 2 aliphatic rings. The van der Waals surface area contributed by atoms with E-state index in [9.17, 15) is 4.79 Å². The second-order valence-corrected chi connectivity index (χ2v) is 8.12. The number of ether oxygens (including phenoxy) is 2. The molecule has 2 unspecified atom stereocenters. The van der Waals surface area contributed by atoms with Crippen molar-refractivity contribution in [3.63, 3.8) is 0 Å². The topological polar surface area (TPSA) is 38.8 Å². The van der Waals surface area contributed by atoms with Crippen LogP contribution in [0.4, 0.5) is 4.79 Å². The van der Waals surface area contributed by atoms with Crippen LogP contribution in [0.1, 0.15) is 57.6 Å². The Hall–Kier alpha value is -1.97. The van der Waals surface area contributed by atoms with E-state index in [1.54, 1.807) is 7.11 Å². The Bertz CT molecular complexity index is 687. The fourth-order valence-electron chi connectivity index (χ4n) is 3.92. The molecule has 1 aromatic rings. The lowest BCUT2D eigenvalue weighted by Gasteiger charge is -2.45. The van der Waals surface area contributed by atoms with E-state index in [4.69, 9.17) is 9.47 Å². The van der Waals surface area contributed by atoms with Crippen molar-refractivity contribution >= 4 is 11.7 Å². The van der Waals surface area contributed by atoms with E-state index >= 15 is 0 Å². The number of benzene rings is 1. The molecular formula is C21H29NO3. The van der Waals surface area contributed by atoms with E-state index in [1.807, 2.05) is 31.7 Å². The fraction of sp³-hybridized carbons (Fsp3) is 0.571. The molecule has 1 aromatic carbocycles. The highest BCUT2D eigenvalue weighted by Gasteiger charge is 2.39. The highest BCUT2D eigenvalue weighted by Crippen LogP contribution is 2.38. The van der Waals surface area contributed by atoms with Crippen LogP contribution in [0.2, 0.25) is 0 Å². The Morgan fingerprint density at radius 2 is 2.00 bits per heavy atom. The van der Waals surface area contributed by atoms with Gasteiger partial charge in [0.05, 0.1) is 13.2 Å². The zero-order valence-electron chi connectivity index (χ0n) is 16.0. The van der Waals surface area contributed by atoms with E-state index in [-0.39, 0.29) is 18.2 Å². The van der Waals surface area contributed by atoms with Gasteiger partial charge in [0.25, 0.3) is 0 Å². The molecule has 0 aromatic heterocycles. The molecule has 2 bridgehead atoms. The minimum Gasteiger partial charge on any atom is -0.496 e. The third-order valence-electron chi connectivity index (χ3n) is 5.01. The molecule has 0 radical (unpaired) electrons. The van der Waals surface area contributed by atoms with Crippen molar-refractivity contribution in [3.8, 4) is 5.75 Å². The quantitative estimate of drug-likeness (QED) is 0.763. The van der Waals surface area contributed by atoms with E-state index < -0.39 is 5.60 Å². The molecule has 0 saturated carbocycles. The van der Waals surface area contributed by atoms with Crippen LogP contribution in [0.15, 0.2) is 24.3 Å². The van der Waals surface area contributed by atoms with Crippen LogP contribution >= 0.6 is 0 Å². The highest BCUT2D eigenvalue weighted by atomic mass is 16.6. The van der Waals surface area contributed by atoms with Gasteiger partial charge in [-0.15, -0.1) is 0 Å². The number of hydrogen-bond acceptors (Lipinski definition) is 3. The molecule has 2 atom stereocenters. The van der Waals surface area contributed by atoms with Gasteiger partial charge in [-0.05, 0) is 82.2 Å². The lowest BCUT2D eigenvalue weighted by atomic mass is 9.83. The van der Waals surface area contributed by atoms with Crippen LogP contribution < -0.4 is 4.74 Å². The first kappa shape index (κ1) is 17.8. The van der Waals surface area contributed by atoms with Crippen molar-refractivity contribution in [2.45, 2.75) is 71.1 Å². The first-order valence-corrected chi connectivity index (χ1v) is 9.15. The van der Waals surface area contributed by atoms with Crippen LogP contribution in [-0.4, -0.2) is 35.8 Å². The Morgan fingerprint density at radius 1 is 1.24 bits per heavy atom. The summed E-state index contributed by atoms with van der Waals surface area (Å²) in [7, 11) is 1.70. The number of rotatable bonds is 2. The summed E-state index contributed by atoms with van der Waals surface area (Å²) in [5.41, 5.74) is 3.25. The van der Waals surface area contributed by atoms with Gasteiger partial charge in [0.2, 0.25) is 0 Å². The van der Waals surface area contributed by atoms with Crippen LogP contribution in [0.3, 0.4) is 0 Å². The molecule has 2 aliphatic heterocycles. The lowest BCUT2D eigenvalue weighted by molar-refractivity contribution is 0.0000852. The molecule has 1 amide bonds. The van der Waals surface area contributed by atoms with Gasteiger partial charge in [-0.25, -0.2) is 4.79 Å². The Kier molecular flexibility index (Phi) is 4.81. The third kappa shape index (κ3) is 3.83.